The summed E-state index contributed by atoms with van der Waals surface area (Å²) >= 11 is 0. The van der Waals surface area contributed by atoms with Crippen LogP contribution in [0.5, 0.6) is 0 Å². The van der Waals surface area contributed by atoms with Crippen LogP contribution in [0.25, 0.3) is 0 Å². The van der Waals surface area contributed by atoms with E-state index in [1.807, 2.05) is 20.8 Å². The second-order valence-corrected chi connectivity index (χ2v) is 10.3. The fraction of sp³-hybridized carbons (Fsp3) is 0.895. The van der Waals surface area contributed by atoms with Gasteiger partial charge in [0.15, 0.2) is 0 Å². The first kappa shape index (κ1) is 17.6. The minimum absolute atomic E-state index is 0.215. The molecule has 0 aromatic carbocycles. The Bertz CT molecular complexity index is 546. The highest BCUT2D eigenvalue weighted by molar-refractivity contribution is 5.77. The maximum Gasteiger partial charge on any atom is 0.411 e. The highest BCUT2D eigenvalue weighted by Gasteiger charge is 2.63. The Morgan fingerprint density at radius 2 is 1.62 bits per heavy atom. The number of hydrogen-bond acceptors (Lipinski definition) is 3. The molecule has 5 heteroatoms. The molecular formula is C19H31NO4. The maximum absolute atomic E-state index is 12.9. The predicted octanol–water partition coefficient (Wildman–Crippen LogP) is 4.06. The molecule has 0 aromatic heterocycles. The van der Waals surface area contributed by atoms with Gasteiger partial charge in [0.1, 0.15) is 12.1 Å². The van der Waals surface area contributed by atoms with E-state index in [-0.39, 0.29) is 22.9 Å². The third kappa shape index (κ3) is 3.14. The van der Waals surface area contributed by atoms with Crippen LogP contribution in [0.4, 0.5) is 4.79 Å². The first-order valence-corrected chi connectivity index (χ1v) is 9.06. The minimum atomic E-state index is -0.966. The summed E-state index contributed by atoms with van der Waals surface area (Å²) in [6, 6.07) is 0. The van der Waals surface area contributed by atoms with Gasteiger partial charge >= 0.3 is 12.1 Å². The van der Waals surface area contributed by atoms with Crippen molar-refractivity contribution in [2.75, 3.05) is 6.54 Å². The molecule has 4 bridgehead atoms. The molecule has 2 atom stereocenters. The molecule has 0 aliphatic heterocycles. The molecule has 136 valence electrons. The third-order valence-corrected chi connectivity index (χ3v) is 6.08. The van der Waals surface area contributed by atoms with Crippen LogP contribution in [0.15, 0.2) is 0 Å². The fourth-order valence-corrected chi connectivity index (χ4v) is 6.57. The lowest BCUT2D eigenvalue weighted by molar-refractivity contribution is -0.166. The molecule has 4 aliphatic rings. The van der Waals surface area contributed by atoms with Crippen LogP contribution in [0, 0.1) is 16.7 Å². The Morgan fingerprint density at radius 3 is 2.04 bits per heavy atom. The van der Waals surface area contributed by atoms with Crippen molar-refractivity contribution in [2.24, 2.45) is 16.7 Å². The highest BCUT2D eigenvalue weighted by atomic mass is 16.6. The first-order chi connectivity index (χ1) is 10.8. The Kier molecular flexibility index (Phi) is 3.75. The number of carboxylic acids is 1. The van der Waals surface area contributed by atoms with Crippen LogP contribution >= 0.6 is 0 Å². The summed E-state index contributed by atoms with van der Waals surface area (Å²) in [5, 5.41) is 9.41. The fourth-order valence-electron chi connectivity index (χ4n) is 6.57. The lowest BCUT2D eigenvalue weighted by atomic mass is 9.42. The number of hydrogen-bond donors (Lipinski definition) is 1. The number of ether oxygens (including phenoxy) is 1. The van der Waals surface area contributed by atoms with Gasteiger partial charge in [-0.15, -0.1) is 0 Å². The SMILES string of the molecule is CC12CC3CC(C)(C1)CC(N(CC(=O)O)C(=O)OC(C)(C)C)(C3)C2. The number of amides is 1. The van der Waals surface area contributed by atoms with Crippen LogP contribution in [-0.4, -0.2) is 39.8 Å². The molecular weight excluding hydrogens is 306 g/mol. The molecule has 0 heterocycles. The summed E-state index contributed by atoms with van der Waals surface area (Å²) < 4.78 is 5.58. The molecule has 24 heavy (non-hydrogen) atoms. The Morgan fingerprint density at radius 1 is 1.08 bits per heavy atom. The van der Waals surface area contributed by atoms with Gasteiger partial charge < -0.3 is 9.84 Å². The molecule has 1 amide bonds. The summed E-state index contributed by atoms with van der Waals surface area (Å²) in [5.41, 5.74) is -0.548. The topological polar surface area (TPSA) is 66.8 Å². The van der Waals surface area contributed by atoms with Gasteiger partial charge in [-0.2, -0.15) is 0 Å². The smallest absolute Gasteiger partial charge is 0.411 e. The largest absolute Gasteiger partial charge is 0.480 e. The Hall–Kier alpha value is -1.26. The molecule has 5 nitrogen and oxygen atoms in total. The van der Waals surface area contributed by atoms with E-state index in [4.69, 9.17) is 4.74 Å². The van der Waals surface area contributed by atoms with Gasteiger partial charge in [0.25, 0.3) is 0 Å². The summed E-state index contributed by atoms with van der Waals surface area (Å²) in [6.07, 6.45) is 5.85. The summed E-state index contributed by atoms with van der Waals surface area (Å²) in [7, 11) is 0. The zero-order valence-electron chi connectivity index (χ0n) is 15.6. The van der Waals surface area contributed by atoms with E-state index >= 15 is 0 Å². The predicted molar refractivity (Wildman–Crippen MR) is 90.7 cm³/mol. The van der Waals surface area contributed by atoms with E-state index in [2.05, 4.69) is 13.8 Å². The van der Waals surface area contributed by atoms with Crippen molar-refractivity contribution in [1.82, 2.24) is 4.90 Å². The van der Waals surface area contributed by atoms with E-state index in [1.165, 1.54) is 19.3 Å². The summed E-state index contributed by atoms with van der Waals surface area (Å²) in [5.74, 6) is -0.373. The van der Waals surface area contributed by atoms with Crippen LogP contribution < -0.4 is 0 Å². The number of aliphatic carboxylic acids is 1. The van der Waals surface area contributed by atoms with Crippen molar-refractivity contribution in [3.63, 3.8) is 0 Å². The zero-order valence-corrected chi connectivity index (χ0v) is 15.6. The number of carboxylic acid groups (broad SMARTS) is 1. The van der Waals surface area contributed by atoms with E-state index in [0.717, 1.165) is 19.3 Å². The minimum Gasteiger partial charge on any atom is -0.480 e. The van der Waals surface area contributed by atoms with Crippen molar-refractivity contribution in [2.45, 2.75) is 84.3 Å². The normalized spacial score (nSPS) is 40.5. The average Bonchev–Trinajstić information content (AvgIpc) is 2.28. The average molecular weight is 337 g/mol. The number of carbonyl (C=O) groups excluding carboxylic acids is 1. The molecule has 0 spiro atoms. The van der Waals surface area contributed by atoms with Crippen molar-refractivity contribution in [1.29, 1.82) is 0 Å². The molecule has 4 fully saturated rings. The zero-order chi connectivity index (χ0) is 18.0. The van der Waals surface area contributed by atoms with E-state index < -0.39 is 17.7 Å². The number of nitrogens with zero attached hydrogens (tertiary/aromatic N) is 1. The van der Waals surface area contributed by atoms with Gasteiger partial charge in [-0.1, -0.05) is 13.8 Å². The Labute approximate surface area is 144 Å². The monoisotopic (exact) mass is 337 g/mol. The van der Waals surface area contributed by atoms with Crippen molar-refractivity contribution in [3.8, 4) is 0 Å². The molecule has 4 saturated carbocycles. The molecule has 1 N–H and O–H groups in total. The molecule has 2 unspecified atom stereocenters. The molecule has 0 aromatic rings. The van der Waals surface area contributed by atoms with Crippen LogP contribution in [0.1, 0.15) is 73.1 Å². The van der Waals surface area contributed by atoms with E-state index in [0.29, 0.717) is 5.92 Å². The van der Waals surface area contributed by atoms with Gasteiger partial charge in [0.2, 0.25) is 0 Å². The second kappa shape index (κ2) is 5.12. The summed E-state index contributed by atoms with van der Waals surface area (Å²) in [4.78, 5) is 25.9. The lowest BCUT2D eigenvalue weighted by Gasteiger charge is -2.67. The van der Waals surface area contributed by atoms with Gasteiger partial charge in [-0.05, 0) is 76.0 Å². The van der Waals surface area contributed by atoms with Crippen molar-refractivity contribution in [3.05, 3.63) is 0 Å². The Balaban J connectivity index is 1.95. The van der Waals surface area contributed by atoms with Gasteiger partial charge in [-0.25, -0.2) is 4.79 Å². The molecule has 4 aliphatic carbocycles. The first-order valence-electron chi connectivity index (χ1n) is 9.06. The molecule has 0 radical (unpaired) electrons. The van der Waals surface area contributed by atoms with Crippen LogP contribution in [-0.2, 0) is 9.53 Å². The van der Waals surface area contributed by atoms with Crippen molar-refractivity contribution < 1.29 is 19.4 Å². The lowest BCUT2D eigenvalue weighted by Crippen LogP contribution is -2.67. The molecule has 0 saturated heterocycles. The van der Waals surface area contributed by atoms with Crippen LogP contribution in [0.3, 0.4) is 0 Å². The van der Waals surface area contributed by atoms with E-state index in [9.17, 15) is 14.7 Å². The van der Waals surface area contributed by atoms with Gasteiger partial charge in [0.05, 0.1) is 0 Å². The van der Waals surface area contributed by atoms with Crippen molar-refractivity contribution >= 4 is 12.1 Å². The van der Waals surface area contributed by atoms with Crippen LogP contribution in [0.2, 0.25) is 0 Å². The third-order valence-electron chi connectivity index (χ3n) is 6.08. The number of rotatable bonds is 3. The quantitative estimate of drug-likeness (QED) is 0.843. The van der Waals surface area contributed by atoms with E-state index in [1.54, 1.807) is 4.90 Å². The second-order valence-electron chi connectivity index (χ2n) is 10.3. The molecule has 4 rings (SSSR count). The highest BCUT2D eigenvalue weighted by Crippen LogP contribution is 2.67. The van der Waals surface area contributed by atoms with Gasteiger partial charge in [0, 0.05) is 5.54 Å². The number of carbonyl (C=O) groups is 2. The van der Waals surface area contributed by atoms with Gasteiger partial charge in [-0.3, -0.25) is 9.69 Å². The maximum atomic E-state index is 12.9. The standard InChI is InChI=1S/C19H31NO4/c1-16(2,3)24-15(23)20(9-14(21)22)19-8-13-6-17(4,11-19)10-18(5,7-13)12-19/h13H,6-12H2,1-5H3,(H,21,22). The summed E-state index contributed by atoms with van der Waals surface area (Å²) in [6.45, 7) is 9.84.